The largest absolute Gasteiger partial charge is 0.488 e. The molecule has 9 nitrogen and oxygen atoms in total. The molecule has 0 radical (unpaired) electrons. The Balaban J connectivity index is 2.12. The Bertz CT molecular complexity index is 726. The monoisotopic (exact) mass is 366 g/mol. The molecular weight excluding hydrogens is 344 g/mol. The van der Waals surface area contributed by atoms with Gasteiger partial charge < -0.3 is 14.6 Å². The molecule has 1 aliphatic rings. The van der Waals surface area contributed by atoms with Gasteiger partial charge >= 0.3 is 12.1 Å². The Morgan fingerprint density at radius 1 is 1.35 bits per heavy atom. The molecule has 26 heavy (non-hydrogen) atoms. The molecule has 1 N–H and O–H groups in total. The van der Waals surface area contributed by atoms with E-state index < -0.39 is 34.7 Å². The third-order valence-electron chi connectivity index (χ3n) is 3.84. The molecule has 9 heteroatoms. The van der Waals surface area contributed by atoms with E-state index in [1.165, 1.54) is 18.2 Å². The summed E-state index contributed by atoms with van der Waals surface area (Å²) in [5, 5.41) is 20.2. The number of carboxylic acids is 1. The van der Waals surface area contributed by atoms with Crippen LogP contribution in [0, 0.1) is 17.0 Å². The lowest BCUT2D eigenvalue weighted by molar-refractivity contribution is -0.385. The van der Waals surface area contributed by atoms with E-state index in [0.29, 0.717) is 11.3 Å². The Hall–Kier alpha value is -2.84. The number of rotatable bonds is 4. The molecule has 2 atom stereocenters. The first-order chi connectivity index (χ1) is 12.0. The van der Waals surface area contributed by atoms with Gasteiger partial charge in [0.15, 0.2) is 0 Å². The van der Waals surface area contributed by atoms with Crippen LogP contribution in [0.25, 0.3) is 0 Å². The first-order valence-electron chi connectivity index (χ1n) is 8.12. The number of carbonyl (C=O) groups excluding carboxylic acids is 1. The highest BCUT2D eigenvalue weighted by atomic mass is 16.6. The lowest BCUT2D eigenvalue weighted by atomic mass is 10.2. The summed E-state index contributed by atoms with van der Waals surface area (Å²) in [5.74, 6) is -0.755. The van der Waals surface area contributed by atoms with Crippen LogP contribution in [0.1, 0.15) is 32.8 Å². The highest BCUT2D eigenvalue weighted by molar-refractivity contribution is 5.81. The zero-order valence-corrected chi connectivity index (χ0v) is 15.1. The van der Waals surface area contributed by atoms with Gasteiger partial charge in [-0.15, -0.1) is 0 Å². The van der Waals surface area contributed by atoms with Gasteiger partial charge in [-0.25, -0.2) is 9.59 Å². The van der Waals surface area contributed by atoms with Gasteiger partial charge in [0.2, 0.25) is 0 Å². The van der Waals surface area contributed by atoms with Crippen LogP contribution >= 0.6 is 0 Å². The average Bonchev–Trinajstić information content (AvgIpc) is 2.89. The number of carboxylic acid groups (broad SMARTS) is 1. The number of carbonyl (C=O) groups is 2. The molecule has 1 saturated heterocycles. The summed E-state index contributed by atoms with van der Waals surface area (Å²) in [6.07, 6.45) is -1.16. The Kier molecular flexibility index (Phi) is 5.38. The van der Waals surface area contributed by atoms with E-state index in [0.717, 1.165) is 4.90 Å². The minimum atomic E-state index is -1.14. The van der Waals surface area contributed by atoms with Gasteiger partial charge in [0.05, 0.1) is 11.5 Å². The van der Waals surface area contributed by atoms with Crippen molar-refractivity contribution < 1.29 is 29.1 Å². The zero-order valence-electron chi connectivity index (χ0n) is 15.1. The summed E-state index contributed by atoms with van der Waals surface area (Å²) in [6, 6.07) is 3.26. The first-order valence-corrected chi connectivity index (χ1v) is 8.12. The molecule has 2 rings (SSSR count). The maximum atomic E-state index is 12.3. The topological polar surface area (TPSA) is 119 Å². The summed E-state index contributed by atoms with van der Waals surface area (Å²) >= 11 is 0. The van der Waals surface area contributed by atoms with Crippen LogP contribution in [-0.2, 0) is 9.53 Å². The average molecular weight is 366 g/mol. The van der Waals surface area contributed by atoms with Gasteiger partial charge in [0.25, 0.3) is 5.69 Å². The van der Waals surface area contributed by atoms with Gasteiger partial charge in [0, 0.05) is 18.1 Å². The highest BCUT2D eigenvalue weighted by Gasteiger charge is 2.42. The maximum Gasteiger partial charge on any atom is 0.411 e. The second kappa shape index (κ2) is 7.19. The Morgan fingerprint density at radius 3 is 2.50 bits per heavy atom. The predicted molar refractivity (Wildman–Crippen MR) is 91.2 cm³/mol. The van der Waals surface area contributed by atoms with Crippen LogP contribution < -0.4 is 4.74 Å². The van der Waals surface area contributed by atoms with Gasteiger partial charge in [-0.3, -0.25) is 15.0 Å². The Morgan fingerprint density at radius 2 is 2.00 bits per heavy atom. The molecule has 1 heterocycles. The molecule has 1 aromatic rings. The van der Waals surface area contributed by atoms with Gasteiger partial charge in [0.1, 0.15) is 23.5 Å². The van der Waals surface area contributed by atoms with Crippen LogP contribution in [0.15, 0.2) is 18.2 Å². The summed E-state index contributed by atoms with van der Waals surface area (Å²) < 4.78 is 11.0. The number of hydrogen-bond acceptors (Lipinski definition) is 6. The molecule has 1 aliphatic heterocycles. The van der Waals surface area contributed by atoms with Crippen molar-refractivity contribution in [1.29, 1.82) is 0 Å². The second-order valence-corrected chi connectivity index (χ2v) is 7.17. The summed E-state index contributed by atoms with van der Waals surface area (Å²) in [6.45, 7) is 6.74. The van der Waals surface area contributed by atoms with Gasteiger partial charge in [-0.1, -0.05) is 0 Å². The van der Waals surface area contributed by atoms with Crippen LogP contribution in [0.5, 0.6) is 5.75 Å². The zero-order chi connectivity index (χ0) is 19.6. The minimum absolute atomic E-state index is 0.0254. The molecule has 0 bridgehead atoms. The molecule has 0 unspecified atom stereocenters. The third kappa shape index (κ3) is 4.62. The van der Waals surface area contributed by atoms with Crippen molar-refractivity contribution in [1.82, 2.24) is 4.90 Å². The van der Waals surface area contributed by atoms with E-state index in [-0.39, 0.29) is 18.7 Å². The SMILES string of the molecule is Cc1cc(O[C@H]2C[C@@H](C(=O)O)N(C(=O)OC(C)(C)C)C2)ccc1[N+](=O)[O-]. The van der Waals surface area contributed by atoms with Crippen LogP contribution in [-0.4, -0.2) is 51.3 Å². The number of amides is 1. The molecule has 0 spiro atoms. The Labute approximate surface area is 150 Å². The van der Waals surface area contributed by atoms with Crippen molar-refractivity contribution in [3.63, 3.8) is 0 Å². The minimum Gasteiger partial charge on any atom is -0.488 e. The molecule has 0 aliphatic carbocycles. The van der Waals surface area contributed by atoms with Gasteiger partial charge in [-0.05, 0) is 39.8 Å². The lowest BCUT2D eigenvalue weighted by Gasteiger charge is -2.26. The lowest BCUT2D eigenvalue weighted by Crippen LogP contribution is -2.43. The smallest absolute Gasteiger partial charge is 0.411 e. The predicted octanol–water partition coefficient (Wildman–Crippen LogP) is 2.74. The fraction of sp³-hybridized carbons (Fsp3) is 0.529. The number of nitro benzene ring substituents is 1. The number of aryl methyl sites for hydroxylation is 1. The number of nitro groups is 1. The van der Waals surface area contributed by atoms with E-state index in [2.05, 4.69) is 0 Å². The standard InChI is InChI=1S/C17H22N2O7/c1-10-7-11(5-6-13(10)19(23)24)25-12-8-14(15(20)21)18(9-12)16(22)26-17(2,3)4/h5-7,12,14H,8-9H2,1-4H3,(H,20,21)/t12-,14-/m0/s1. The van der Waals surface area contributed by atoms with Crippen molar-refractivity contribution in [3.05, 3.63) is 33.9 Å². The molecule has 0 saturated carbocycles. The first kappa shape index (κ1) is 19.5. The van der Waals surface area contributed by atoms with Crippen molar-refractivity contribution in [2.75, 3.05) is 6.54 Å². The highest BCUT2D eigenvalue weighted by Crippen LogP contribution is 2.28. The third-order valence-corrected chi connectivity index (χ3v) is 3.84. The molecule has 0 aromatic heterocycles. The van der Waals surface area contributed by atoms with E-state index in [1.807, 2.05) is 0 Å². The quantitative estimate of drug-likeness (QED) is 0.642. The number of likely N-dealkylation sites (tertiary alicyclic amines) is 1. The summed E-state index contributed by atoms with van der Waals surface area (Å²) in [7, 11) is 0. The van der Waals surface area contributed by atoms with E-state index in [9.17, 15) is 24.8 Å². The number of ether oxygens (including phenoxy) is 2. The van der Waals surface area contributed by atoms with E-state index in [4.69, 9.17) is 9.47 Å². The van der Waals surface area contributed by atoms with E-state index in [1.54, 1.807) is 27.7 Å². The normalized spacial score (nSPS) is 19.9. The fourth-order valence-corrected chi connectivity index (χ4v) is 2.74. The van der Waals surface area contributed by atoms with Crippen molar-refractivity contribution in [2.24, 2.45) is 0 Å². The van der Waals surface area contributed by atoms with Gasteiger partial charge in [-0.2, -0.15) is 0 Å². The summed E-state index contributed by atoms with van der Waals surface area (Å²) in [5.41, 5.74) is -0.332. The van der Waals surface area contributed by atoms with E-state index >= 15 is 0 Å². The fourth-order valence-electron chi connectivity index (χ4n) is 2.74. The number of aliphatic carboxylic acids is 1. The molecule has 1 aromatic carbocycles. The van der Waals surface area contributed by atoms with Crippen LogP contribution in [0.3, 0.4) is 0 Å². The molecule has 142 valence electrons. The maximum absolute atomic E-state index is 12.3. The van der Waals surface area contributed by atoms with Crippen LogP contribution in [0.2, 0.25) is 0 Å². The van der Waals surface area contributed by atoms with Crippen molar-refractivity contribution in [2.45, 2.75) is 51.9 Å². The number of hydrogen-bond donors (Lipinski definition) is 1. The van der Waals surface area contributed by atoms with Crippen LogP contribution in [0.4, 0.5) is 10.5 Å². The molecule has 1 fully saturated rings. The number of benzene rings is 1. The van der Waals surface area contributed by atoms with Crippen molar-refractivity contribution in [3.8, 4) is 5.75 Å². The van der Waals surface area contributed by atoms with Crippen molar-refractivity contribution >= 4 is 17.7 Å². The summed E-state index contributed by atoms with van der Waals surface area (Å²) in [4.78, 5) is 35.2. The molecule has 1 amide bonds. The second-order valence-electron chi connectivity index (χ2n) is 7.17. The molecular formula is C17H22N2O7. The number of nitrogens with zero attached hydrogens (tertiary/aromatic N) is 2.